The fraction of sp³-hybridized carbons (Fsp3) is 0.700. The van der Waals surface area contributed by atoms with Crippen molar-refractivity contribution in [2.24, 2.45) is 5.92 Å². The van der Waals surface area contributed by atoms with Gasteiger partial charge in [-0.3, -0.25) is 0 Å². The maximum Gasteiger partial charge on any atom is 0.110 e. The molecule has 3 heteroatoms. The van der Waals surface area contributed by atoms with Gasteiger partial charge in [0.25, 0.3) is 0 Å². The van der Waals surface area contributed by atoms with Crippen LogP contribution in [-0.4, -0.2) is 11.5 Å². The molecule has 0 aliphatic heterocycles. The summed E-state index contributed by atoms with van der Waals surface area (Å²) in [5.74, 6) is 0.859. The normalized spacial score (nSPS) is 18.8. The van der Waals surface area contributed by atoms with Gasteiger partial charge < -0.3 is 5.32 Å². The zero-order valence-electron chi connectivity index (χ0n) is 7.99. The lowest BCUT2D eigenvalue weighted by atomic mass is 10.2. The molecule has 0 aromatic carbocycles. The minimum atomic E-state index is 0.542. The highest BCUT2D eigenvalue weighted by Gasteiger charge is 2.33. The van der Waals surface area contributed by atoms with Crippen LogP contribution in [-0.2, 0) is 0 Å². The van der Waals surface area contributed by atoms with E-state index in [1.54, 1.807) is 11.3 Å². The number of thiazole rings is 1. The fourth-order valence-electron chi connectivity index (χ4n) is 1.57. The largest absolute Gasteiger partial charge is 0.308 e. The number of nitrogens with zero attached hydrogens (tertiary/aromatic N) is 1. The number of hydrogen-bond donors (Lipinski definition) is 1. The fourth-order valence-corrected chi connectivity index (χ4v) is 2.38. The molecule has 1 saturated carbocycles. The Morgan fingerprint density at radius 1 is 1.69 bits per heavy atom. The van der Waals surface area contributed by atoms with Gasteiger partial charge in [-0.15, -0.1) is 11.3 Å². The molecule has 1 aromatic heterocycles. The molecule has 0 amide bonds. The minimum absolute atomic E-state index is 0.542. The highest BCUT2D eigenvalue weighted by atomic mass is 32.1. The third-order valence-corrected chi connectivity index (χ3v) is 3.28. The summed E-state index contributed by atoms with van der Waals surface area (Å²) in [5.41, 5.74) is 0. The van der Waals surface area contributed by atoms with Gasteiger partial charge in [-0.2, -0.15) is 0 Å². The molecule has 1 fully saturated rings. The van der Waals surface area contributed by atoms with Crippen LogP contribution in [0.1, 0.15) is 37.2 Å². The Morgan fingerprint density at radius 2 is 2.54 bits per heavy atom. The van der Waals surface area contributed by atoms with Gasteiger partial charge in [0.2, 0.25) is 0 Å². The van der Waals surface area contributed by atoms with Crippen molar-refractivity contribution in [3.8, 4) is 0 Å². The van der Waals surface area contributed by atoms with E-state index in [4.69, 9.17) is 0 Å². The predicted octanol–water partition coefficient (Wildman–Crippen LogP) is 2.59. The highest BCUT2D eigenvalue weighted by molar-refractivity contribution is 7.09. The first kappa shape index (κ1) is 9.16. The molecule has 13 heavy (non-hydrogen) atoms. The maximum atomic E-state index is 4.39. The molecule has 0 radical (unpaired) electrons. The lowest BCUT2D eigenvalue weighted by Crippen LogP contribution is -2.23. The third-order valence-electron chi connectivity index (χ3n) is 2.43. The van der Waals surface area contributed by atoms with Crippen LogP contribution in [0.5, 0.6) is 0 Å². The van der Waals surface area contributed by atoms with E-state index >= 15 is 0 Å². The summed E-state index contributed by atoms with van der Waals surface area (Å²) in [4.78, 5) is 4.39. The molecule has 72 valence electrons. The molecule has 1 aliphatic carbocycles. The molecule has 1 atom stereocenters. The van der Waals surface area contributed by atoms with Gasteiger partial charge in [0.05, 0.1) is 6.04 Å². The van der Waals surface area contributed by atoms with Crippen molar-refractivity contribution in [2.75, 3.05) is 6.54 Å². The number of rotatable bonds is 5. The monoisotopic (exact) mass is 196 g/mol. The summed E-state index contributed by atoms with van der Waals surface area (Å²) in [7, 11) is 0. The highest BCUT2D eigenvalue weighted by Crippen LogP contribution is 2.41. The van der Waals surface area contributed by atoms with E-state index in [-0.39, 0.29) is 0 Å². The lowest BCUT2D eigenvalue weighted by Gasteiger charge is -2.14. The molecule has 1 aromatic rings. The van der Waals surface area contributed by atoms with Crippen LogP contribution < -0.4 is 5.32 Å². The molecule has 1 aliphatic rings. The van der Waals surface area contributed by atoms with E-state index in [2.05, 4.69) is 22.6 Å². The zero-order valence-corrected chi connectivity index (χ0v) is 8.81. The first-order valence-electron chi connectivity index (χ1n) is 5.04. The van der Waals surface area contributed by atoms with Crippen molar-refractivity contribution in [3.05, 3.63) is 16.6 Å². The van der Waals surface area contributed by atoms with Crippen molar-refractivity contribution in [2.45, 2.75) is 32.2 Å². The quantitative estimate of drug-likeness (QED) is 0.783. The smallest absolute Gasteiger partial charge is 0.110 e. The minimum Gasteiger partial charge on any atom is -0.308 e. The van der Waals surface area contributed by atoms with Crippen molar-refractivity contribution in [1.29, 1.82) is 0 Å². The first-order valence-corrected chi connectivity index (χ1v) is 5.92. The first-order chi connectivity index (χ1) is 6.42. The molecule has 2 rings (SSSR count). The molecule has 0 spiro atoms. The topological polar surface area (TPSA) is 24.9 Å². The Morgan fingerprint density at radius 3 is 3.08 bits per heavy atom. The van der Waals surface area contributed by atoms with Crippen molar-refractivity contribution >= 4 is 11.3 Å². The summed E-state index contributed by atoms with van der Waals surface area (Å²) >= 11 is 1.78. The summed E-state index contributed by atoms with van der Waals surface area (Å²) in [5, 5.41) is 6.92. The summed E-state index contributed by atoms with van der Waals surface area (Å²) < 4.78 is 0. The standard InChI is InChI=1S/C10H16N2S/c1-2-5-11-9(8-3-4-8)10-12-6-7-13-10/h6-9,11H,2-5H2,1H3. The van der Waals surface area contributed by atoms with E-state index in [1.165, 1.54) is 24.3 Å². The van der Waals surface area contributed by atoms with Crippen LogP contribution in [0.3, 0.4) is 0 Å². The van der Waals surface area contributed by atoms with E-state index in [1.807, 2.05) is 6.20 Å². The van der Waals surface area contributed by atoms with Crippen LogP contribution in [0.25, 0.3) is 0 Å². The van der Waals surface area contributed by atoms with E-state index in [0.29, 0.717) is 6.04 Å². The maximum absolute atomic E-state index is 4.39. The summed E-state index contributed by atoms with van der Waals surface area (Å²) in [6.07, 6.45) is 5.86. The Labute approximate surface area is 83.4 Å². The number of nitrogens with one attached hydrogen (secondary N) is 1. The third kappa shape index (κ3) is 2.29. The molecular formula is C10H16N2S. The van der Waals surface area contributed by atoms with Gasteiger partial charge in [-0.25, -0.2) is 4.98 Å². The molecule has 1 unspecified atom stereocenters. The average molecular weight is 196 g/mol. The predicted molar refractivity (Wildman–Crippen MR) is 55.9 cm³/mol. The van der Waals surface area contributed by atoms with Gasteiger partial charge in [0.1, 0.15) is 5.01 Å². The Bertz CT molecular complexity index is 241. The van der Waals surface area contributed by atoms with Gasteiger partial charge in [0.15, 0.2) is 0 Å². The van der Waals surface area contributed by atoms with Gasteiger partial charge in [0, 0.05) is 11.6 Å². The molecule has 0 saturated heterocycles. The van der Waals surface area contributed by atoms with E-state index < -0.39 is 0 Å². The van der Waals surface area contributed by atoms with Crippen LogP contribution in [0.15, 0.2) is 11.6 Å². The molecule has 1 N–H and O–H groups in total. The van der Waals surface area contributed by atoms with Gasteiger partial charge in [-0.05, 0) is 31.7 Å². The van der Waals surface area contributed by atoms with Crippen molar-refractivity contribution in [3.63, 3.8) is 0 Å². The zero-order chi connectivity index (χ0) is 9.10. The van der Waals surface area contributed by atoms with Gasteiger partial charge in [-0.1, -0.05) is 6.92 Å². The second-order valence-electron chi connectivity index (χ2n) is 3.64. The molecule has 1 heterocycles. The summed E-state index contributed by atoms with van der Waals surface area (Å²) in [6.45, 7) is 3.32. The molecule has 2 nitrogen and oxygen atoms in total. The second kappa shape index (κ2) is 4.20. The van der Waals surface area contributed by atoms with Gasteiger partial charge >= 0.3 is 0 Å². The molecule has 0 bridgehead atoms. The second-order valence-corrected chi connectivity index (χ2v) is 4.57. The van der Waals surface area contributed by atoms with Crippen LogP contribution in [0, 0.1) is 5.92 Å². The summed E-state index contributed by atoms with van der Waals surface area (Å²) in [6, 6.07) is 0.542. The SMILES string of the molecule is CCCNC(c1nccs1)C1CC1. The van der Waals surface area contributed by atoms with Crippen molar-refractivity contribution in [1.82, 2.24) is 10.3 Å². The van der Waals surface area contributed by atoms with Crippen LogP contribution in [0.2, 0.25) is 0 Å². The number of hydrogen-bond acceptors (Lipinski definition) is 3. The Kier molecular flexibility index (Phi) is 2.96. The van der Waals surface area contributed by atoms with E-state index in [0.717, 1.165) is 12.5 Å². The van der Waals surface area contributed by atoms with E-state index in [9.17, 15) is 0 Å². The Hall–Kier alpha value is -0.410. The number of aromatic nitrogens is 1. The lowest BCUT2D eigenvalue weighted by molar-refractivity contribution is 0.479. The van der Waals surface area contributed by atoms with Crippen LogP contribution >= 0.6 is 11.3 Å². The Balaban J connectivity index is 1.97. The average Bonchev–Trinajstić information content (AvgIpc) is 2.82. The van der Waals surface area contributed by atoms with Crippen LogP contribution in [0.4, 0.5) is 0 Å². The molecular weight excluding hydrogens is 180 g/mol. The van der Waals surface area contributed by atoms with Crippen molar-refractivity contribution < 1.29 is 0 Å².